The van der Waals surface area contributed by atoms with Crippen LogP contribution >= 0.6 is 11.6 Å². The molecule has 0 radical (unpaired) electrons. The standard InChI is InChI=1S/2C18H18.C16H18O.C16H18.C14H16.C13H21N.C10H14O3S.CH3Cl.Na/c1-3-13(2)18-16-10-6-4-8-14(16)12-15-9-5-7-11-17(15)18;1-3-13(2)18-12-14-8-4-5-9-15(14)16-10-6-7-11-17(16)18;1-3-13(2)14-9-11-16(12-10-14)17-15-7-5-4-6-8-15;1-3-13(2)14-9-11-16(12-10-14)15-7-5-4-6-8-15;1-3-11(2)13-9-8-12-6-4-5-7-14(12)10-13;1-5-11(2)13-8-6-12(7-9-13)10-14(3)4;1-3-8(2)9-4-6-10(7-5-9)14(11,12)13;1-2;/h2*4-13H,3H2,1-2H3;4-13H,3H2,1-2H3;4-13H,3H2,1-2H3;4-11H,3H2,1-2H3;6-9,11H,5,10H2,1-4H3;4-8H,3H2,1-2H3,(H,11,12,13);1H3;/q;;;;;;;;+1/p-1. The van der Waals surface area contributed by atoms with Gasteiger partial charge in [-0.25, -0.2) is 8.42 Å². The molecule has 14 aromatic carbocycles. The molecule has 0 saturated heterocycles. The molecule has 14 aromatic rings. The fourth-order valence-electron chi connectivity index (χ4n) is 13.6. The first-order chi connectivity index (χ1) is 54.6. The van der Waals surface area contributed by atoms with Crippen molar-refractivity contribution in [2.24, 2.45) is 0 Å². The summed E-state index contributed by atoms with van der Waals surface area (Å²) in [6.07, 6.45) is 9.61. The van der Waals surface area contributed by atoms with Gasteiger partial charge in [-0.3, -0.25) is 0 Å². The van der Waals surface area contributed by atoms with Crippen LogP contribution in [0.4, 0.5) is 0 Å². The van der Waals surface area contributed by atoms with Crippen molar-refractivity contribution in [2.45, 2.75) is 195 Å². The van der Waals surface area contributed by atoms with Gasteiger partial charge in [0.2, 0.25) is 0 Å². The number of ether oxygens (including phenoxy) is 1. The van der Waals surface area contributed by atoms with Gasteiger partial charge in [0.1, 0.15) is 21.6 Å². The number of alkyl halides is 1. The topological polar surface area (TPSA) is 69.7 Å². The molecule has 0 bridgehead atoms. The third-order valence-corrected chi connectivity index (χ3v) is 22.9. The van der Waals surface area contributed by atoms with Crippen LogP contribution < -0.4 is 34.3 Å². The fraction of sp³-hybridized carbons (Fsp3) is 0.302. The summed E-state index contributed by atoms with van der Waals surface area (Å²) in [5.74, 6) is 5.99. The Kier molecular flexibility index (Phi) is 40.7. The molecule has 7 unspecified atom stereocenters. The van der Waals surface area contributed by atoms with Crippen molar-refractivity contribution in [3.05, 3.63) is 354 Å². The Morgan fingerprint density at radius 1 is 0.316 bits per heavy atom. The zero-order chi connectivity index (χ0) is 81.8. The monoisotopic (exact) mass is 1570 g/mol. The van der Waals surface area contributed by atoms with Crippen molar-refractivity contribution in [1.82, 2.24) is 4.90 Å². The maximum absolute atomic E-state index is 10.6. The van der Waals surface area contributed by atoms with Crippen molar-refractivity contribution >= 4 is 75.6 Å². The molecular formula is C106H125ClNNaO4S. The van der Waals surface area contributed by atoms with E-state index in [-0.39, 0.29) is 34.5 Å². The summed E-state index contributed by atoms with van der Waals surface area (Å²) in [4.78, 5) is 2.03. The molecule has 0 aliphatic carbocycles. The second-order valence-electron chi connectivity index (χ2n) is 30.2. The first-order valence-corrected chi connectivity index (χ1v) is 43.2. The molecule has 114 heavy (non-hydrogen) atoms. The van der Waals surface area contributed by atoms with E-state index in [4.69, 9.17) is 4.74 Å². The quantitative estimate of drug-likeness (QED) is 0.0250. The van der Waals surface area contributed by atoms with Gasteiger partial charge in [0.25, 0.3) is 0 Å². The van der Waals surface area contributed by atoms with Crippen LogP contribution in [0.3, 0.4) is 0 Å². The third kappa shape index (κ3) is 28.4. The maximum atomic E-state index is 10.6. The van der Waals surface area contributed by atoms with Crippen LogP contribution in [-0.4, -0.2) is 38.3 Å². The average molecular weight is 1570 g/mol. The second kappa shape index (κ2) is 49.3. The predicted octanol–water partition coefficient (Wildman–Crippen LogP) is 28.5. The largest absolute Gasteiger partial charge is 1.00 e. The zero-order valence-electron chi connectivity index (χ0n) is 71.5. The maximum Gasteiger partial charge on any atom is 1.00 e. The number of fused-ring (bicyclic) bond motifs is 6. The summed E-state index contributed by atoms with van der Waals surface area (Å²) in [7, 11) is -0.102. The van der Waals surface area contributed by atoms with Crippen molar-refractivity contribution in [1.29, 1.82) is 0 Å². The van der Waals surface area contributed by atoms with Crippen LogP contribution in [0.2, 0.25) is 0 Å². The van der Waals surface area contributed by atoms with E-state index in [0.717, 1.165) is 30.0 Å². The van der Waals surface area contributed by atoms with Gasteiger partial charge in [-0.1, -0.05) is 364 Å². The van der Waals surface area contributed by atoms with Crippen molar-refractivity contribution < 1.29 is 47.3 Å². The number of para-hydroxylation sites is 1. The molecule has 0 fully saturated rings. The molecule has 0 N–H and O–H groups in total. The van der Waals surface area contributed by atoms with E-state index < -0.39 is 10.1 Å². The van der Waals surface area contributed by atoms with Crippen LogP contribution in [0, 0.1) is 0 Å². The van der Waals surface area contributed by atoms with Crippen molar-refractivity contribution in [3.63, 3.8) is 0 Å². The molecule has 8 heteroatoms. The first-order valence-electron chi connectivity index (χ1n) is 41.1. The van der Waals surface area contributed by atoms with Gasteiger partial charge in [-0.2, -0.15) is 0 Å². The van der Waals surface area contributed by atoms with E-state index >= 15 is 0 Å². The summed E-state index contributed by atoms with van der Waals surface area (Å²) in [6.45, 7) is 32.3. The van der Waals surface area contributed by atoms with Gasteiger partial charge in [0, 0.05) is 12.9 Å². The van der Waals surface area contributed by atoms with Gasteiger partial charge in [0.15, 0.2) is 0 Å². The number of benzene rings is 14. The molecule has 14 rings (SSSR count). The van der Waals surface area contributed by atoms with E-state index in [0.29, 0.717) is 41.4 Å². The first kappa shape index (κ1) is 94.2. The predicted molar refractivity (Wildman–Crippen MR) is 493 cm³/mol. The third-order valence-electron chi connectivity index (χ3n) is 22.1. The molecule has 0 heterocycles. The van der Waals surface area contributed by atoms with E-state index in [1.54, 1.807) is 12.1 Å². The molecule has 0 aliphatic heterocycles. The van der Waals surface area contributed by atoms with Gasteiger partial charge < -0.3 is 14.2 Å². The molecular weight excluding hydrogens is 1440 g/mol. The summed E-state index contributed by atoms with van der Waals surface area (Å²) >= 11 is 4.64. The molecule has 0 amide bonds. The van der Waals surface area contributed by atoms with Crippen LogP contribution in [0.25, 0.3) is 65.0 Å². The minimum Gasteiger partial charge on any atom is -0.744 e. The Bertz CT molecular complexity index is 5120. The summed E-state index contributed by atoms with van der Waals surface area (Å²) < 4.78 is 37.6. The van der Waals surface area contributed by atoms with Gasteiger partial charge >= 0.3 is 29.6 Å². The zero-order valence-corrected chi connectivity index (χ0v) is 75.1. The summed E-state index contributed by atoms with van der Waals surface area (Å²) in [5.41, 5.74) is 13.7. The number of halogens is 1. The Morgan fingerprint density at radius 3 is 1.10 bits per heavy atom. The normalized spacial score (nSPS) is 12.6. The average Bonchev–Trinajstić information content (AvgIpc) is 0.774. The molecule has 0 aromatic heterocycles. The smallest absolute Gasteiger partial charge is 0.744 e. The van der Waals surface area contributed by atoms with Crippen molar-refractivity contribution in [2.75, 3.05) is 20.5 Å². The molecule has 7 atom stereocenters. The fourth-order valence-corrected chi connectivity index (χ4v) is 14.1. The van der Waals surface area contributed by atoms with Crippen molar-refractivity contribution in [3.8, 4) is 22.6 Å². The van der Waals surface area contributed by atoms with Gasteiger partial charge in [0.05, 0.1) is 4.90 Å². The number of hydrogen-bond donors (Lipinski definition) is 0. The number of rotatable bonds is 20. The number of nitrogens with zero attached hydrogens (tertiary/aromatic N) is 1. The molecule has 0 spiro atoms. The minimum atomic E-state index is -4.30. The van der Waals surface area contributed by atoms with E-state index in [9.17, 15) is 13.0 Å². The van der Waals surface area contributed by atoms with E-state index in [1.165, 1.54) is 161 Å². The van der Waals surface area contributed by atoms with Crippen LogP contribution in [0.15, 0.2) is 314 Å². The number of hydrogen-bond acceptors (Lipinski definition) is 5. The molecule has 592 valence electrons. The van der Waals surface area contributed by atoms with Crippen LogP contribution in [0.5, 0.6) is 11.5 Å². The van der Waals surface area contributed by atoms with Crippen LogP contribution in [-0.2, 0) is 16.7 Å². The summed E-state index contributed by atoms with van der Waals surface area (Å²) in [5, 5.41) is 13.7. The SMILES string of the molecule is CCC(C)c1c2ccccc2cc2ccccc12.CCC(C)c1cc2ccccc2c2ccccc12.CCC(C)c1ccc(-c2ccccc2)cc1.CCC(C)c1ccc(CN(C)C)cc1.CCC(C)c1ccc(Oc2ccccc2)cc1.CCC(C)c1ccc(S(=O)(=O)[O-])cc1.CCC(C)c1ccc2ccccc2c1.CCl.[Na+]. The molecule has 0 aliphatic rings. The van der Waals surface area contributed by atoms with Crippen LogP contribution in [0.1, 0.15) is 228 Å². The van der Waals surface area contributed by atoms with E-state index in [2.05, 4.69) is 370 Å². The second-order valence-corrected chi connectivity index (χ2v) is 31.6. The van der Waals surface area contributed by atoms with Gasteiger partial charge in [-0.15, -0.1) is 11.6 Å². The molecule has 5 nitrogen and oxygen atoms in total. The Hall–Kier alpha value is -8.66. The van der Waals surface area contributed by atoms with Gasteiger partial charge in [-0.05, 0) is 252 Å². The van der Waals surface area contributed by atoms with E-state index in [1.807, 2.05) is 42.5 Å². The molecule has 0 saturated carbocycles. The summed E-state index contributed by atoms with van der Waals surface area (Å²) in [6, 6.07) is 108. The Balaban J connectivity index is 0.000000206. The Morgan fingerprint density at radius 2 is 0.649 bits per heavy atom. The Labute approximate surface area is 713 Å². The minimum absolute atomic E-state index is 0.